The molecule has 104 valence electrons. The van der Waals surface area contributed by atoms with Gasteiger partial charge >= 0.3 is 0 Å². The summed E-state index contributed by atoms with van der Waals surface area (Å²) in [4.78, 5) is 25.5. The molecule has 2 atom stereocenters. The van der Waals surface area contributed by atoms with Crippen LogP contribution in [0, 0.1) is 5.92 Å². The zero-order valence-corrected chi connectivity index (χ0v) is 11.2. The lowest BCUT2D eigenvalue weighted by atomic mass is 9.95. The first kappa shape index (κ1) is 13.7. The highest BCUT2D eigenvalue weighted by Gasteiger charge is 2.31. The number of aromatic nitrogens is 2. The van der Waals surface area contributed by atoms with Gasteiger partial charge in [-0.2, -0.15) is 5.10 Å². The average molecular weight is 265 g/mol. The summed E-state index contributed by atoms with van der Waals surface area (Å²) in [6, 6.07) is 0. The van der Waals surface area contributed by atoms with Crippen molar-refractivity contribution in [3.63, 3.8) is 0 Å². The van der Waals surface area contributed by atoms with Gasteiger partial charge in [0.15, 0.2) is 0 Å². The van der Waals surface area contributed by atoms with Crippen molar-refractivity contribution >= 4 is 11.7 Å². The summed E-state index contributed by atoms with van der Waals surface area (Å²) in [5, 5.41) is 13.8. The van der Waals surface area contributed by atoms with E-state index in [0.717, 1.165) is 0 Å². The van der Waals surface area contributed by atoms with Crippen molar-refractivity contribution in [3.8, 4) is 0 Å². The molecular formula is C13H19N3O3. The van der Waals surface area contributed by atoms with Crippen LogP contribution in [0.15, 0.2) is 12.4 Å². The third-order valence-corrected chi connectivity index (χ3v) is 3.62. The molecule has 1 N–H and O–H groups in total. The molecule has 2 heterocycles. The molecule has 0 spiro atoms. The first-order chi connectivity index (χ1) is 9.02. The summed E-state index contributed by atoms with van der Waals surface area (Å²) >= 11 is 0. The van der Waals surface area contributed by atoms with Crippen LogP contribution in [-0.4, -0.2) is 50.7 Å². The molecule has 1 aliphatic heterocycles. The molecular weight excluding hydrogens is 246 g/mol. The van der Waals surface area contributed by atoms with E-state index in [0.29, 0.717) is 25.1 Å². The number of aliphatic hydroxyl groups excluding tert-OH is 1. The van der Waals surface area contributed by atoms with E-state index < -0.39 is 17.8 Å². The summed E-state index contributed by atoms with van der Waals surface area (Å²) in [7, 11) is 0. The van der Waals surface area contributed by atoms with Gasteiger partial charge < -0.3 is 10.0 Å². The predicted octanol–water partition coefficient (Wildman–Crippen LogP) is 0.315. The summed E-state index contributed by atoms with van der Waals surface area (Å²) < 4.78 is 1.60. The van der Waals surface area contributed by atoms with Gasteiger partial charge in [0.25, 0.3) is 11.7 Å². The molecule has 1 aromatic rings. The number of carbonyl (C=O) groups excluding carboxylic acids is 2. The Morgan fingerprint density at radius 2 is 2.26 bits per heavy atom. The predicted molar refractivity (Wildman–Crippen MR) is 68.6 cm³/mol. The molecule has 0 radical (unpaired) electrons. The quantitative estimate of drug-likeness (QED) is 0.630. The normalized spacial score (nSPS) is 23.4. The maximum Gasteiger partial charge on any atom is 0.295 e. The zero-order valence-electron chi connectivity index (χ0n) is 11.2. The Morgan fingerprint density at radius 3 is 2.84 bits per heavy atom. The second-order valence-corrected chi connectivity index (χ2v) is 5.00. The molecule has 1 amide bonds. The second-order valence-electron chi connectivity index (χ2n) is 5.00. The van der Waals surface area contributed by atoms with Crippen molar-refractivity contribution in [2.45, 2.75) is 32.9 Å². The summed E-state index contributed by atoms with van der Waals surface area (Å²) in [6.07, 6.45) is 3.15. The van der Waals surface area contributed by atoms with Crippen molar-refractivity contribution in [1.29, 1.82) is 0 Å². The Bertz CT molecular complexity index is 483. The SMILES string of the molecule is CCn1cc(C(=O)C(=O)N2CCC(C)C(O)C2)cn1. The summed E-state index contributed by atoms with van der Waals surface area (Å²) in [5.41, 5.74) is 0.306. The molecule has 1 saturated heterocycles. The highest BCUT2D eigenvalue weighted by molar-refractivity contribution is 6.42. The number of aliphatic hydroxyl groups is 1. The number of rotatable bonds is 3. The van der Waals surface area contributed by atoms with Crippen LogP contribution in [0.2, 0.25) is 0 Å². The highest BCUT2D eigenvalue weighted by atomic mass is 16.3. The van der Waals surface area contributed by atoms with E-state index in [-0.39, 0.29) is 12.5 Å². The van der Waals surface area contributed by atoms with Crippen LogP contribution in [0.5, 0.6) is 0 Å². The van der Waals surface area contributed by atoms with E-state index in [4.69, 9.17) is 0 Å². The van der Waals surface area contributed by atoms with Gasteiger partial charge in [-0.15, -0.1) is 0 Å². The molecule has 2 unspecified atom stereocenters. The smallest absolute Gasteiger partial charge is 0.295 e. The van der Waals surface area contributed by atoms with Crippen LogP contribution in [-0.2, 0) is 11.3 Å². The molecule has 1 fully saturated rings. The number of piperidine rings is 1. The number of ketones is 1. The minimum atomic E-state index is -0.554. The van der Waals surface area contributed by atoms with E-state index in [2.05, 4.69) is 5.10 Å². The van der Waals surface area contributed by atoms with Crippen molar-refractivity contribution in [1.82, 2.24) is 14.7 Å². The Balaban J connectivity index is 2.05. The summed E-state index contributed by atoms with van der Waals surface area (Å²) in [5.74, 6) is -0.940. The largest absolute Gasteiger partial charge is 0.391 e. The van der Waals surface area contributed by atoms with Gasteiger partial charge in [0.05, 0.1) is 17.9 Å². The Labute approximate surface area is 112 Å². The van der Waals surface area contributed by atoms with Crippen LogP contribution in [0.3, 0.4) is 0 Å². The number of Topliss-reactive ketones (excluding diaryl/α,β-unsaturated/α-hetero) is 1. The van der Waals surface area contributed by atoms with Gasteiger partial charge in [0.2, 0.25) is 0 Å². The third kappa shape index (κ3) is 2.84. The van der Waals surface area contributed by atoms with Gasteiger partial charge in [0.1, 0.15) is 0 Å². The molecule has 6 nitrogen and oxygen atoms in total. The van der Waals surface area contributed by atoms with E-state index in [1.807, 2.05) is 13.8 Å². The van der Waals surface area contributed by atoms with Crippen molar-refractivity contribution in [3.05, 3.63) is 18.0 Å². The molecule has 0 aliphatic carbocycles. The lowest BCUT2D eigenvalue weighted by Gasteiger charge is -2.33. The number of hydrogen-bond donors (Lipinski definition) is 1. The highest BCUT2D eigenvalue weighted by Crippen LogP contribution is 2.17. The number of β-amino-alcohol motifs (C(OH)–C–C–N with tert-alkyl or cyclic N) is 1. The van der Waals surface area contributed by atoms with Crippen LogP contribution in [0.25, 0.3) is 0 Å². The number of likely N-dealkylation sites (tertiary alicyclic amines) is 1. The molecule has 0 bridgehead atoms. The number of amides is 1. The lowest BCUT2D eigenvalue weighted by molar-refractivity contribution is -0.130. The van der Waals surface area contributed by atoms with Crippen LogP contribution in [0.1, 0.15) is 30.6 Å². The van der Waals surface area contributed by atoms with Crippen LogP contribution < -0.4 is 0 Å². The van der Waals surface area contributed by atoms with E-state index >= 15 is 0 Å². The minimum absolute atomic E-state index is 0.169. The topological polar surface area (TPSA) is 75.4 Å². The first-order valence-corrected chi connectivity index (χ1v) is 6.57. The number of nitrogens with zero attached hydrogens (tertiary/aromatic N) is 3. The molecule has 0 aromatic carbocycles. The summed E-state index contributed by atoms with van der Waals surface area (Å²) in [6.45, 7) is 5.25. The zero-order chi connectivity index (χ0) is 14.0. The molecule has 1 aliphatic rings. The van der Waals surface area contributed by atoms with Gasteiger partial charge in [-0.1, -0.05) is 6.92 Å². The monoisotopic (exact) mass is 265 g/mol. The van der Waals surface area contributed by atoms with Gasteiger partial charge in [-0.3, -0.25) is 14.3 Å². The van der Waals surface area contributed by atoms with Crippen LogP contribution in [0.4, 0.5) is 0 Å². The fraction of sp³-hybridized carbons (Fsp3) is 0.615. The molecule has 19 heavy (non-hydrogen) atoms. The molecule has 1 aromatic heterocycles. The molecule has 2 rings (SSSR count). The van der Waals surface area contributed by atoms with E-state index in [1.165, 1.54) is 11.1 Å². The Hall–Kier alpha value is -1.69. The molecule has 6 heteroatoms. The first-order valence-electron chi connectivity index (χ1n) is 6.57. The fourth-order valence-electron chi connectivity index (χ4n) is 2.15. The van der Waals surface area contributed by atoms with Gasteiger partial charge in [-0.05, 0) is 19.3 Å². The van der Waals surface area contributed by atoms with Crippen molar-refractivity contribution in [2.75, 3.05) is 13.1 Å². The third-order valence-electron chi connectivity index (χ3n) is 3.62. The van der Waals surface area contributed by atoms with Gasteiger partial charge in [-0.25, -0.2) is 0 Å². The standard InChI is InChI=1S/C13H19N3O3/c1-3-16-7-10(6-14-16)12(18)13(19)15-5-4-9(2)11(17)8-15/h6-7,9,11,17H,3-5,8H2,1-2H3. The van der Waals surface area contributed by atoms with Crippen molar-refractivity contribution in [2.24, 2.45) is 5.92 Å². The van der Waals surface area contributed by atoms with Gasteiger partial charge in [0, 0.05) is 25.8 Å². The maximum atomic E-state index is 12.1. The fourth-order valence-corrected chi connectivity index (χ4v) is 2.15. The van der Waals surface area contributed by atoms with E-state index in [1.54, 1.807) is 10.9 Å². The Morgan fingerprint density at radius 1 is 1.53 bits per heavy atom. The maximum absolute atomic E-state index is 12.1. The van der Waals surface area contributed by atoms with E-state index in [9.17, 15) is 14.7 Å². The van der Waals surface area contributed by atoms with Crippen LogP contribution >= 0.6 is 0 Å². The van der Waals surface area contributed by atoms with Crippen molar-refractivity contribution < 1.29 is 14.7 Å². The average Bonchev–Trinajstić information content (AvgIpc) is 2.89. The number of carbonyl (C=O) groups is 2. The molecule has 0 saturated carbocycles. The second kappa shape index (κ2) is 5.52. The number of aryl methyl sites for hydroxylation is 1. The lowest BCUT2D eigenvalue weighted by Crippen LogP contribution is -2.48. The Kier molecular flexibility index (Phi) is 3.99. The minimum Gasteiger partial charge on any atom is -0.391 e. The number of hydrogen-bond acceptors (Lipinski definition) is 4.